The van der Waals surface area contributed by atoms with Gasteiger partial charge in [-0.2, -0.15) is 0 Å². The lowest BCUT2D eigenvalue weighted by atomic mass is 10.1. The summed E-state index contributed by atoms with van der Waals surface area (Å²) in [6, 6.07) is 11.3. The maximum atomic E-state index is 11.0. The van der Waals surface area contributed by atoms with Crippen LogP contribution in [0, 0.1) is 17.0 Å². The molecule has 2 N–H and O–H groups in total. The van der Waals surface area contributed by atoms with E-state index in [0.717, 1.165) is 11.1 Å². The first-order valence-corrected chi connectivity index (χ1v) is 6.24. The van der Waals surface area contributed by atoms with Crippen LogP contribution in [0.3, 0.4) is 0 Å². The number of nitro groups is 1. The van der Waals surface area contributed by atoms with Gasteiger partial charge in [-0.1, -0.05) is 18.2 Å². The van der Waals surface area contributed by atoms with Crippen molar-refractivity contribution >= 4 is 11.6 Å². The number of carbonyl (C=O) groups excluding carboxylic acids is 1. The van der Waals surface area contributed by atoms with E-state index in [9.17, 15) is 14.9 Å². The van der Waals surface area contributed by atoms with Crippen molar-refractivity contribution in [2.24, 2.45) is 5.73 Å². The number of amides is 1. The third kappa shape index (κ3) is 3.56. The summed E-state index contributed by atoms with van der Waals surface area (Å²) in [5, 5.41) is 10.9. The van der Waals surface area contributed by atoms with Gasteiger partial charge in [-0.25, -0.2) is 0 Å². The summed E-state index contributed by atoms with van der Waals surface area (Å²) in [4.78, 5) is 21.4. The maximum absolute atomic E-state index is 11.0. The van der Waals surface area contributed by atoms with Crippen LogP contribution in [-0.2, 0) is 6.61 Å². The molecule has 0 spiro atoms. The van der Waals surface area contributed by atoms with E-state index >= 15 is 0 Å². The average Bonchev–Trinajstić information content (AvgIpc) is 2.45. The molecule has 1 amide bonds. The molecule has 2 aromatic carbocycles. The second-order valence-electron chi connectivity index (χ2n) is 4.58. The lowest BCUT2D eigenvalue weighted by Gasteiger charge is -2.08. The highest BCUT2D eigenvalue weighted by atomic mass is 16.6. The van der Waals surface area contributed by atoms with Crippen molar-refractivity contribution in [1.29, 1.82) is 0 Å². The number of carbonyl (C=O) groups is 1. The minimum absolute atomic E-state index is 0.0747. The lowest BCUT2D eigenvalue weighted by Crippen LogP contribution is -2.10. The van der Waals surface area contributed by atoms with Crippen LogP contribution in [0.1, 0.15) is 21.5 Å². The minimum atomic E-state index is -0.503. The molecule has 0 bridgehead atoms. The van der Waals surface area contributed by atoms with Gasteiger partial charge in [0.25, 0.3) is 0 Å². The van der Waals surface area contributed by atoms with Crippen molar-refractivity contribution in [3.05, 3.63) is 69.3 Å². The molecule has 2 aromatic rings. The molecule has 0 fully saturated rings. The Hall–Kier alpha value is -2.89. The SMILES string of the molecule is Cc1ccc([N+](=O)[O-])c(OCc2ccc(C(N)=O)cc2)c1. The summed E-state index contributed by atoms with van der Waals surface area (Å²) < 4.78 is 5.51. The molecule has 21 heavy (non-hydrogen) atoms. The summed E-state index contributed by atoms with van der Waals surface area (Å²) in [5.41, 5.74) is 7.14. The fourth-order valence-electron chi connectivity index (χ4n) is 1.81. The standard InChI is InChI=1S/C15H14N2O4/c1-10-2-7-13(17(19)20)14(8-10)21-9-11-3-5-12(6-4-11)15(16)18/h2-8H,9H2,1H3,(H2,16,18). The Labute approximate surface area is 121 Å². The number of nitro benzene ring substituents is 1. The van der Waals surface area contributed by atoms with Crippen LogP contribution in [0.15, 0.2) is 42.5 Å². The third-order valence-electron chi connectivity index (χ3n) is 2.94. The summed E-state index contributed by atoms with van der Waals surface area (Å²) >= 11 is 0. The van der Waals surface area contributed by atoms with Gasteiger partial charge in [0.15, 0.2) is 5.75 Å². The van der Waals surface area contributed by atoms with Crippen LogP contribution in [0.2, 0.25) is 0 Å². The van der Waals surface area contributed by atoms with E-state index in [1.165, 1.54) is 6.07 Å². The largest absolute Gasteiger partial charge is 0.482 e. The Balaban J connectivity index is 2.14. The monoisotopic (exact) mass is 286 g/mol. The zero-order valence-electron chi connectivity index (χ0n) is 11.4. The molecular weight excluding hydrogens is 272 g/mol. The van der Waals surface area contributed by atoms with Crippen LogP contribution >= 0.6 is 0 Å². The highest BCUT2D eigenvalue weighted by Crippen LogP contribution is 2.28. The first kappa shape index (κ1) is 14.5. The topological polar surface area (TPSA) is 95.5 Å². The molecule has 0 atom stereocenters. The van der Waals surface area contributed by atoms with Crippen LogP contribution in [0.25, 0.3) is 0 Å². The summed E-state index contributed by atoms with van der Waals surface area (Å²) in [6.45, 7) is 2.00. The van der Waals surface area contributed by atoms with Crippen molar-refractivity contribution in [3.63, 3.8) is 0 Å². The lowest BCUT2D eigenvalue weighted by molar-refractivity contribution is -0.386. The van der Waals surface area contributed by atoms with Gasteiger partial charge < -0.3 is 10.5 Å². The number of aryl methyl sites for hydroxylation is 1. The average molecular weight is 286 g/mol. The zero-order chi connectivity index (χ0) is 15.4. The molecule has 0 aliphatic heterocycles. The van der Waals surface area contributed by atoms with Gasteiger partial charge in [0.05, 0.1) is 4.92 Å². The van der Waals surface area contributed by atoms with Gasteiger partial charge in [-0.15, -0.1) is 0 Å². The van der Waals surface area contributed by atoms with E-state index < -0.39 is 10.8 Å². The quantitative estimate of drug-likeness (QED) is 0.675. The molecule has 108 valence electrons. The van der Waals surface area contributed by atoms with Crippen LogP contribution < -0.4 is 10.5 Å². The second kappa shape index (κ2) is 6.04. The van der Waals surface area contributed by atoms with Crippen molar-refractivity contribution in [2.45, 2.75) is 13.5 Å². The predicted molar refractivity (Wildman–Crippen MR) is 77.1 cm³/mol. The Morgan fingerprint density at radius 1 is 1.24 bits per heavy atom. The Morgan fingerprint density at radius 3 is 2.48 bits per heavy atom. The molecule has 0 saturated heterocycles. The number of ether oxygens (including phenoxy) is 1. The molecule has 0 aromatic heterocycles. The maximum Gasteiger partial charge on any atom is 0.310 e. The van der Waals surface area contributed by atoms with Crippen molar-refractivity contribution in [3.8, 4) is 5.75 Å². The number of hydrogen-bond acceptors (Lipinski definition) is 4. The number of primary amides is 1. The molecule has 0 aliphatic rings. The molecule has 0 saturated carbocycles. The van der Waals surface area contributed by atoms with Crippen LogP contribution in [0.5, 0.6) is 5.75 Å². The van der Waals surface area contributed by atoms with E-state index in [1.54, 1.807) is 36.4 Å². The molecular formula is C15H14N2O4. The van der Waals surface area contributed by atoms with E-state index in [1.807, 2.05) is 6.92 Å². The van der Waals surface area contributed by atoms with E-state index in [2.05, 4.69) is 0 Å². The first-order chi connectivity index (χ1) is 9.97. The summed E-state index contributed by atoms with van der Waals surface area (Å²) in [7, 11) is 0. The number of nitrogens with zero attached hydrogens (tertiary/aromatic N) is 1. The molecule has 0 aliphatic carbocycles. The molecule has 0 radical (unpaired) electrons. The molecule has 2 rings (SSSR count). The molecule has 0 heterocycles. The van der Waals surface area contributed by atoms with E-state index in [0.29, 0.717) is 5.56 Å². The van der Waals surface area contributed by atoms with Gasteiger partial charge >= 0.3 is 5.69 Å². The van der Waals surface area contributed by atoms with Gasteiger partial charge in [0.2, 0.25) is 5.91 Å². The fourth-order valence-corrected chi connectivity index (χ4v) is 1.81. The molecule has 6 nitrogen and oxygen atoms in total. The predicted octanol–water partition coefficient (Wildman–Crippen LogP) is 2.58. The van der Waals surface area contributed by atoms with Gasteiger partial charge in [0.1, 0.15) is 6.61 Å². The third-order valence-corrected chi connectivity index (χ3v) is 2.94. The molecule has 0 unspecified atom stereocenters. The van der Waals surface area contributed by atoms with Gasteiger partial charge in [-0.05, 0) is 36.2 Å². The van der Waals surface area contributed by atoms with E-state index in [-0.39, 0.29) is 18.0 Å². The van der Waals surface area contributed by atoms with Crippen LogP contribution in [0.4, 0.5) is 5.69 Å². The van der Waals surface area contributed by atoms with Crippen molar-refractivity contribution in [2.75, 3.05) is 0 Å². The second-order valence-corrected chi connectivity index (χ2v) is 4.58. The normalized spacial score (nSPS) is 10.1. The van der Waals surface area contributed by atoms with Crippen molar-refractivity contribution < 1.29 is 14.5 Å². The first-order valence-electron chi connectivity index (χ1n) is 6.24. The zero-order valence-corrected chi connectivity index (χ0v) is 11.4. The van der Waals surface area contributed by atoms with Gasteiger partial charge in [0, 0.05) is 11.6 Å². The highest BCUT2D eigenvalue weighted by Gasteiger charge is 2.14. The summed E-state index contributed by atoms with van der Waals surface area (Å²) in [5.74, 6) is -0.282. The summed E-state index contributed by atoms with van der Waals surface area (Å²) in [6.07, 6.45) is 0. The molecule has 6 heteroatoms. The number of nitrogens with two attached hydrogens (primary N) is 1. The minimum Gasteiger partial charge on any atom is -0.482 e. The Morgan fingerprint density at radius 2 is 1.90 bits per heavy atom. The number of hydrogen-bond donors (Lipinski definition) is 1. The Kier molecular flexibility index (Phi) is 4.18. The van der Waals surface area contributed by atoms with Crippen LogP contribution in [-0.4, -0.2) is 10.8 Å². The van der Waals surface area contributed by atoms with Gasteiger partial charge in [-0.3, -0.25) is 14.9 Å². The van der Waals surface area contributed by atoms with Crippen molar-refractivity contribution in [1.82, 2.24) is 0 Å². The Bertz CT molecular complexity index is 681. The fraction of sp³-hybridized carbons (Fsp3) is 0.133. The smallest absolute Gasteiger partial charge is 0.310 e. The number of benzene rings is 2. The highest BCUT2D eigenvalue weighted by molar-refractivity contribution is 5.92. The van der Waals surface area contributed by atoms with E-state index in [4.69, 9.17) is 10.5 Å². The number of rotatable bonds is 5.